The highest BCUT2D eigenvalue weighted by Crippen LogP contribution is 2.25. The summed E-state index contributed by atoms with van der Waals surface area (Å²) in [5.41, 5.74) is 1.67. The molecule has 1 aliphatic heterocycles. The Hall–Kier alpha value is -1.10. The Kier molecular flexibility index (Phi) is 6.65. The van der Waals surface area contributed by atoms with Crippen molar-refractivity contribution >= 4 is 18.3 Å². The van der Waals surface area contributed by atoms with E-state index in [-0.39, 0.29) is 24.4 Å². The van der Waals surface area contributed by atoms with E-state index >= 15 is 0 Å². The van der Waals surface area contributed by atoms with Crippen LogP contribution in [-0.4, -0.2) is 31.7 Å². The molecule has 2 N–H and O–H groups in total. The number of nitrogens with one attached hydrogen (secondary N) is 2. The van der Waals surface area contributed by atoms with E-state index in [2.05, 4.69) is 29.7 Å². The van der Waals surface area contributed by atoms with Crippen molar-refractivity contribution in [3.05, 3.63) is 35.4 Å². The monoisotopic (exact) mass is 312 g/mol. The molecular formula is C16H25ClN2O2. The fraction of sp³-hybridized carbons (Fsp3) is 0.562. The summed E-state index contributed by atoms with van der Waals surface area (Å²) < 4.78 is 5.56. The van der Waals surface area contributed by atoms with Gasteiger partial charge in [-0.15, -0.1) is 12.4 Å². The SMILES string of the molecule is COC1(C(=O)NC(C)c2ccccc2C)CCNCC1.Cl. The number of ether oxygens (including phenoxy) is 1. The molecule has 1 heterocycles. The predicted molar refractivity (Wildman–Crippen MR) is 86.8 cm³/mol. The van der Waals surface area contributed by atoms with Crippen molar-refractivity contribution in [2.75, 3.05) is 20.2 Å². The van der Waals surface area contributed by atoms with Crippen LogP contribution in [0, 0.1) is 6.92 Å². The predicted octanol–water partition coefficient (Wildman–Crippen LogP) is 2.36. The summed E-state index contributed by atoms with van der Waals surface area (Å²) in [6.07, 6.45) is 1.44. The number of aryl methyl sites for hydroxylation is 1. The summed E-state index contributed by atoms with van der Waals surface area (Å²) in [5.74, 6) is -0.00254. The Labute approximate surface area is 133 Å². The van der Waals surface area contributed by atoms with Gasteiger partial charge in [0.2, 0.25) is 0 Å². The average molecular weight is 313 g/mol. The molecule has 1 aliphatic rings. The molecule has 0 radical (unpaired) electrons. The lowest BCUT2D eigenvalue weighted by atomic mass is 9.90. The Morgan fingerprint density at radius 3 is 2.52 bits per heavy atom. The molecule has 0 saturated carbocycles. The second-order valence-corrected chi connectivity index (χ2v) is 5.50. The van der Waals surface area contributed by atoms with Crippen LogP contribution in [0.4, 0.5) is 0 Å². The van der Waals surface area contributed by atoms with Crippen molar-refractivity contribution in [2.24, 2.45) is 0 Å². The number of methoxy groups -OCH3 is 1. The van der Waals surface area contributed by atoms with Gasteiger partial charge in [-0.3, -0.25) is 4.79 Å². The Balaban J connectivity index is 0.00000220. The number of rotatable bonds is 4. The summed E-state index contributed by atoms with van der Waals surface area (Å²) >= 11 is 0. The second kappa shape index (κ2) is 7.78. The van der Waals surface area contributed by atoms with Crippen LogP contribution in [0.5, 0.6) is 0 Å². The van der Waals surface area contributed by atoms with E-state index in [4.69, 9.17) is 4.74 Å². The maximum Gasteiger partial charge on any atom is 0.252 e. The summed E-state index contributed by atoms with van der Waals surface area (Å²) in [6.45, 7) is 5.72. The van der Waals surface area contributed by atoms with E-state index in [1.54, 1.807) is 7.11 Å². The highest BCUT2D eigenvalue weighted by atomic mass is 35.5. The van der Waals surface area contributed by atoms with E-state index in [1.165, 1.54) is 5.56 Å². The minimum absolute atomic E-state index is 0. The van der Waals surface area contributed by atoms with Gasteiger partial charge in [-0.2, -0.15) is 0 Å². The van der Waals surface area contributed by atoms with E-state index in [0.717, 1.165) is 31.5 Å². The molecule has 4 nitrogen and oxygen atoms in total. The van der Waals surface area contributed by atoms with Crippen LogP contribution in [0.3, 0.4) is 0 Å². The summed E-state index contributed by atoms with van der Waals surface area (Å²) in [7, 11) is 1.63. The molecule has 1 fully saturated rings. The maximum atomic E-state index is 12.6. The van der Waals surface area contributed by atoms with Crippen molar-refractivity contribution in [3.63, 3.8) is 0 Å². The zero-order valence-corrected chi connectivity index (χ0v) is 13.8. The molecule has 1 atom stereocenters. The highest BCUT2D eigenvalue weighted by Gasteiger charge is 2.40. The molecule has 1 unspecified atom stereocenters. The summed E-state index contributed by atoms with van der Waals surface area (Å²) in [5, 5.41) is 6.37. The van der Waals surface area contributed by atoms with Gasteiger partial charge in [-0.25, -0.2) is 0 Å². The van der Waals surface area contributed by atoms with Crippen LogP contribution < -0.4 is 10.6 Å². The molecule has 0 bridgehead atoms. The van der Waals surface area contributed by atoms with Crippen molar-refractivity contribution < 1.29 is 9.53 Å². The zero-order valence-electron chi connectivity index (χ0n) is 12.9. The molecule has 1 saturated heterocycles. The third kappa shape index (κ3) is 3.96. The third-order valence-electron chi connectivity index (χ3n) is 4.22. The molecule has 2 rings (SSSR count). The van der Waals surface area contributed by atoms with Gasteiger partial charge < -0.3 is 15.4 Å². The van der Waals surface area contributed by atoms with Gasteiger partial charge in [0.1, 0.15) is 5.60 Å². The molecule has 21 heavy (non-hydrogen) atoms. The molecule has 5 heteroatoms. The standard InChI is InChI=1S/C16H24N2O2.ClH/c1-12-6-4-5-7-14(12)13(2)18-15(19)16(20-3)8-10-17-11-9-16;/h4-7,13,17H,8-11H2,1-3H3,(H,18,19);1H. The lowest BCUT2D eigenvalue weighted by Gasteiger charge is -2.35. The first-order chi connectivity index (χ1) is 9.59. The lowest BCUT2D eigenvalue weighted by Crippen LogP contribution is -2.54. The van der Waals surface area contributed by atoms with Crippen LogP contribution in [0.1, 0.15) is 36.9 Å². The molecule has 1 amide bonds. The normalized spacial score (nSPS) is 18.4. The van der Waals surface area contributed by atoms with Gasteiger partial charge >= 0.3 is 0 Å². The van der Waals surface area contributed by atoms with Crippen molar-refractivity contribution in [1.82, 2.24) is 10.6 Å². The van der Waals surface area contributed by atoms with Gasteiger partial charge in [0.15, 0.2) is 0 Å². The highest BCUT2D eigenvalue weighted by molar-refractivity contribution is 5.86. The van der Waals surface area contributed by atoms with Gasteiger partial charge in [-0.1, -0.05) is 24.3 Å². The van der Waals surface area contributed by atoms with Crippen molar-refractivity contribution in [3.8, 4) is 0 Å². The number of carbonyl (C=O) groups excluding carboxylic acids is 1. The van der Waals surface area contributed by atoms with Crippen LogP contribution in [0.2, 0.25) is 0 Å². The number of hydrogen-bond acceptors (Lipinski definition) is 3. The average Bonchev–Trinajstić information content (AvgIpc) is 2.48. The molecule has 1 aromatic carbocycles. The third-order valence-corrected chi connectivity index (χ3v) is 4.22. The first-order valence-corrected chi connectivity index (χ1v) is 7.21. The Morgan fingerprint density at radius 1 is 1.33 bits per heavy atom. The fourth-order valence-electron chi connectivity index (χ4n) is 2.83. The number of piperidine rings is 1. The lowest BCUT2D eigenvalue weighted by molar-refractivity contribution is -0.147. The topological polar surface area (TPSA) is 50.4 Å². The second-order valence-electron chi connectivity index (χ2n) is 5.50. The van der Waals surface area contributed by atoms with E-state index in [0.29, 0.717) is 0 Å². The minimum Gasteiger partial charge on any atom is -0.368 e. The quantitative estimate of drug-likeness (QED) is 0.897. The summed E-state index contributed by atoms with van der Waals surface area (Å²) in [6, 6.07) is 8.13. The molecule has 0 aromatic heterocycles. The molecule has 0 spiro atoms. The minimum atomic E-state index is -0.678. The largest absolute Gasteiger partial charge is 0.368 e. The first-order valence-electron chi connectivity index (χ1n) is 7.21. The van der Waals surface area contributed by atoms with Crippen LogP contribution in [0.25, 0.3) is 0 Å². The number of benzene rings is 1. The zero-order chi connectivity index (χ0) is 14.6. The van der Waals surface area contributed by atoms with Gasteiger partial charge in [0.25, 0.3) is 5.91 Å². The molecular weight excluding hydrogens is 288 g/mol. The number of carbonyl (C=O) groups is 1. The van der Waals surface area contributed by atoms with Crippen molar-refractivity contribution in [1.29, 1.82) is 0 Å². The smallest absolute Gasteiger partial charge is 0.252 e. The number of hydrogen-bond donors (Lipinski definition) is 2. The van der Waals surface area contributed by atoms with Gasteiger partial charge in [0, 0.05) is 7.11 Å². The van der Waals surface area contributed by atoms with E-state index in [1.807, 2.05) is 19.1 Å². The Bertz CT molecular complexity index is 473. The fourth-order valence-corrected chi connectivity index (χ4v) is 2.83. The number of halogens is 1. The maximum absolute atomic E-state index is 12.6. The summed E-state index contributed by atoms with van der Waals surface area (Å²) in [4.78, 5) is 12.6. The molecule has 118 valence electrons. The Morgan fingerprint density at radius 2 is 1.95 bits per heavy atom. The van der Waals surface area contributed by atoms with E-state index in [9.17, 15) is 4.79 Å². The first kappa shape index (κ1) is 18.0. The van der Waals surface area contributed by atoms with Crippen LogP contribution >= 0.6 is 12.4 Å². The molecule has 0 aliphatic carbocycles. The van der Waals surface area contributed by atoms with Gasteiger partial charge in [0.05, 0.1) is 6.04 Å². The van der Waals surface area contributed by atoms with E-state index < -0.39 is 5.60 Å². The molecule has 1 aromatic rings. The van der Waals surface area contributed by atoms with Crippen molar-refractivity contribution in [2.45, 2.75) is 38.3 Å². The van der Waals surface area contributed by atoms with Gasteiger partial charge in [-0.05, 0) is 50.9 Å². The number of amides is 1. The van der Waals surface area contributed by atoms with Crippen LogP contribution in [-0.2, 0) is 9.53 Å². The van der Waals surface area contributed by atoms with Crippen LogP contribution in [0.15, 0.2) is 24.3 Å².